The first kappa shape index (κ1) is 17.8. The quantitative estimate of drug-likeness (QED) is 0.845. The zero-order valence-corrected chi connectivity index (χ0v) is 14.4. The van der Waals surface area contributed by atoms with Crippen molar-refractivity contribution < 1.29 is 9.90 Å². The molecular formula is C19H30N2O2. The van der Waals surface area contributed by atoms with E-state index in [0.29, 0.717) is 18.9 Å². The first-order valence-electron chi connectivity index (χ1n) is 8.86. The molecule has 0 aliphatic carbocycles. The molecule has 3 unspecified atom stereocenters. The summed E-state index contributed by atoms with van der Waals surface area (Å²) in [5.41, 5.74) is 1.17. The van der Waals surface area contributed by atoms with Gasteiger partial charge < -0.3 is 15.3 Å². The van der Waals surface area contributed by atoms with Crippen molar-refractivity contribution in [2.45, 2.75) is 51.6 Å². The van der Waals surface area contributed by atoms with E-state index in [-0.39, 0.29) is 18.1 Å². The summed E-state index contributed by atoms with van der Waals surface area (Å²) in [7, 11) is 0. The zero-order valence-electron chi connectivity index (χ0n) is 14.4. The molecule has 1 aromatic carbocycles. The molecule has 4 heteroatoms. The van der Waals surface area contributed by atoms with Gasteiger partial charge in [-0.05, 0) is 37.7 Å². The number of benzene rings is 1. The van der Waals surface area contributed by atoms with Gasteiger partial charge in [0.25, 0.3) is 0 Å². The number of aliphatic hydroxyl groups excluding tert-OH is 1. The number of likely N-dealkylation sites (tertiary alicyclic amines) is 1. The summed E-state index contributed by atoms with van der Waals surface area (Å²) >= 11 is 0. The lowest BCUT2D eigenvalue weighted by Gasteiger charge is -2.33. The third-order valence-corrected chi connectivity index (χ3v) is 4.78. The summed E-state index contributed by atoms with van der Waals surface area (Å²) in [5.74, 6) is 0.781. The van der Waals surface area contributed by atoms with Crippen LogP contribution in [0, 0.1) is 5.92 Å². The molecule has 1 aromatic rings. The van der Waals surface area contributed by atoms with E-state index in [2.05, 4.69) is 24.4 Å². The van der Waals surface area contributed by atoms with Gasteiger partial charge in [-0.25, -0.2) is 4.79 Å². The Bertz CT molecular complexity index is 476. The second-order valence-corrected chi connectivity index (χ2v) is 6.74. The molecule has 1 aliphatic heterocycles. The molecule has 1 saturated heterocycles. The van der Waals surface area contributed by atoms with Crippen LogP contribution in [0.15, 0.2) is 30.3 Å². The van der Waals surface area contributed by atoms with Crippen molar-refractivity contribution >= 4 is 6.03 Å². The molecule has 4 nitrogen and oxygen atoms in total. The van der Waals surface area contributed by atoms with E-state index in [9.17, 15) is 9.90 Å². The second-order valence-electron chi connectivity index (χ2n) is 6.74. The van der Waals surface area contributed by atoms with Crippen molar-refractivity contribution in [1.82, 2.24) is 10.2 Å². The summed E-state index contributed by atoms with van der Waals surface area (Å²) in [5, 5.41) is 12.8. The Morgan fingerprint density at radius 2 is 2.13 bits per heavy atom. The van der Waals surface area contributed by atoms with Crippen molar-refractivity contribution in [1.29, 1.82) is 0 Å². The highest BCUT2D eigenvalue weighted by molar-refractivity contribution is 5.74. The van der Waals surface area contributed by atoms with Gasteiger partial charge in [0.1, 0.15) is 0 Å². The Balaban J connectivity index is 1.91. The minimum Gasteiger partial charge on any atom is -0.393 e. The lowest BCUT2D eigenvalue weighted by Crippen LogP contribution is -2.46. The van der Waals surface area contributed by atoms with E-state index in [1.54, 1.807) is 6.92 Å². The summed E-state index contributed by atoms with van der Waals surface area (Å²) in [6.07, 6.45) is 3.74. The van der Waals surface area contributed by atoms with Crippen LogP contribution in [0.3, 0.4) is 0 Å². The molecule has 0 aromatic heterocycles. The molecule has 1 fully saturated rings. The van der Waals surface area contributed by atoms with Crippen molar-refractivity contribution in [3.63, 3.8) is 0 Å². The van der Waals surface area contributed by atoms with Crippen LogP contribution in [0.2, 0.25) is 0 Å². The average molecular weight is 318 g/mol. The summed E-state index contributed by atoms with van der Waals surface area (Å²) < 4.78 is 0. The van der Waals surface area contributed by atoms with Crippen LogP contribution in [-0.4, -0.2) is 41.8 Å². The molecule has 2 rings (SSSR count). The number of hydrogen-bond acceptors (Lipinski definition) is 2. The molecule has 23 heavy (non-hydrogen) atoms. The highest BCUT2D eigenvalue weighted by Gasteiger charge is 2.23. The monoisotopic (exact) mass is 318 g/mol. The van der Waals surface area contributed by atoms with E-state index in [1.165, 1.54) is 12.0 Å². The maximum absolute atomic E-state index is 12.4. The molecule has 3 atom stereocenters. The van der Waals surface area contributed by atoms with Gasteiger partial charge in [0.15, 0.2) is 0 Å². The fraction of sp³-hybridized carbons (Fsp3) is 0.632. The number of nitrogens with zero attached hydrogens (tertiary/aromatic N) is 1. The molecule has 2 N–H and O–H groups in total. The summed E-state index contributed by atoms with van der Waals surface area (Å²) in [6, 6.07) is 10.2. The van der Waals surface area contributed by atoms with Crippen LogP contribution in [0.25, 0.3) is 0 Å². The minimum atomic E-state index is -0.378. The smallest absolute Gasteiger partial charge is 0.317 e. The number of carbonyl (C=O) groups excluding carboxylic acids is 1. The predicted octanol–water partition coefficient (Wildman–Crippen LogP) is 3.37. The molecule has 0 spiro atoms. The van der Waals surface area contributed by atoms with Crippen LogP contribution < -0.4 is 5.32 Å². The molecule has 0 saturated carbocycles. The number of hydrogen-bond donors (Lipinski definition) is 2. The molecule has 0 bridgehead atoms. The molecular weight excluding hydrogens is 288 g/mol. The number of amides is 2. The highest BCUT2D eigenvalue weighted by Crippen LogP contribution is 2.22. The largest absolute Gasteiger partial charge is 0.393 e. The number of carbonyl (C=O) groups is 1. The Morgan fingerprint density at radius 3 is 2.78 bits per heavy atom. The van der Waals surface area contributed by atoms with Gasteiger partial charge in [0.05, 0.1) is 6.10 Å². The molecule has 0 radical (unpaired) electrons. The highest BCUT2D eigenvalue weighted by atomic mass is 16.3. The Hall–Kier alpha value is -1.55. The Labute approximate surface area is 139 Å². The van der Waals surface area contributed by atoms with Gasteiger partial charge in [0.2, 0.25) is 0 Å². The fourth-order valence-electron chi connectivity index (χ4n) is 3.38. The van der Waals surface area contributed by atoms with E-state index in [1.807, 2.05) is 23.1 Å². The topological polar surface area (TPSA) is 52.6 Å². The number of aliphatic hydroxyl groups is 1. The average Bonchev–Trinajstić information content (AvgIpc) is 2.58. The second kappa shape index (κ2) is 8.92. The summed E-state index contributed by atoms with van der Waals surface area (Å²) in [4.78, 5) is 14.4. The summed E-state index contributed by atoms with van der Waals surface area (Å²) in [6.45, 7) is 6.29. The van der Waals surface area contributed by atoms with Crippen LogP contribution in [0.4, 0.5) is 4.79 Å². The SMILES string of the molecule is CCC1CCCN(C(=O)NCC(CC(C)O)c2ccccc2)C1. The lowest BCUT2D eigenvalue weighted by molar-refractivity contribution is 0.158. The van der Waals surface area contributed by atoms with Crippen molar-refractivity contribution in [3.8, 4) is 0 Å². The number of piperidine rings is 1. The number of nitrogens with one attached hydrogen (secondary N) is 1. The first-order valence-corrected chi connectivity index (χ1v) is 8.86. The third kappa shape index (κ3) is 5.54. The van der Waals surface area contributed by atoms with Crippen LogP contribution >= 0.6 is 0 Å². The molecule has 128 valence electrons. The Kier molecular flexibility index (Phi) is 6.90. The van der Waals surface area contributed by atoms with Crippen LogP contribution in [0.1, 0.15) is 51.0 Å². The third-order valence-electron chi connectivity index (χ3n) is 4.78. The van der Waals surface area contributed by atoms with Crippen molar-refractivity contribution in [2.75, 3.05) is 19.6 Å². The van der Waals surface area contributed by atoms with Gasteiger partial charge in [-0.3, -0.25) is 0 Å². The van der Waals surface area contributed by atoms with Gasteiger partial charge in [-0.2, -0.15) is 0 Å². The number of urea groups is 1. The molecule has 1 aliphatic rings. The molecule has 1 heterocycles. The number of rotatable bonds is 6. The standard InChI is InChI=1S/C19H30N2O2/c1-3-16-8-7-11-21(14-16)19(23)20-13-18(12-15(2)22)17-9-5-4-6-10-17/h4-6,9-10,15-16,18,22H,3,7-8,11-14H2,1-2H3,(H,20,23). The lowest BCUT2D eigenvalue weighted by atomic mass is 9.93. The van der Waals surface area contributed by atoms with E-state index in [0.717, 1.165) is 25.9 Å². The first-order chi connectivity index (χ1) is 11.1. The van der Waals surface area contributed by atoms with Gasteiger partial charge in [-0.15, -0.1) is 0 Å². The van der Waals surface area contributed by atoms with Crippen LogP contribution in [0.5, 0.6) is 0 Å². The predicted molar refractivity (Wildman–Crippen MR) is 93.5 cm³/mol. The van der Waals surface area contributed by atoms with E-state index in [4.69, 9.17) is 0 Å². The van der Waals surface area contributed by atoms with E-state index >= 15 is 0 Å². The van der Waals surface area contributed by atoms with Crippen molar-refractivity contribution in [2.24, 2.45) is 5.92 Å². The van der Waals surface area contributed by atoms with Gasteiger partial charge in [0, 0.05) is 25.6 Å². The van der Waals surface area contributed by atoms with Crippen LogP contribution in [-0.2, 0) is 0 Å². The fourth-order valence-corrected chi connectivity index (χ4v) is 3.38. The van der Waals surface area contributed by atoms with Gasteiger partial charge in [-0.1, -0.05) is 43.7 Å². The molecule has 2 amide bonds. The normalized spacial score (nSPS) is 20.8. The van der Waals surface area contributed by atoms with E-state index < -0.39 is 0 Å². The minimum absolute atomic E-state index is 0.0367. The zero-order chi connectivity index (χ0) is 16.7. The maximum atomic E-state index is 12.4. The maximum Gasteiger partial charge on any atom is 0.317 e. The van der Waals surface area contributed by atoms with Crippen molar-refractivity contribution in [3.05, 3.63) is 35.9 Å². The van der Waals surface area contributed by atoms with Gasteiger partial charge >= 0.3 is 6.03 Å². The Morgan fingerprint density at radius 1 is 1.39 bits per heavy atom.